The lowest BCUT2D eigenvalue weighted by molar-refractivity contribution is 0.415. The largest absolute Gasteiger partial charge is 0.495 e. The van der Waals surface area contributed by atoms with Crippen molar-refractivity contribution in [1.29, 1.82) is 0 Å². The minimum absolute atomic E-state index is 0.0979. The Kier molecular flexibility index (Phi) is 7.09. The van der Waals surface area contributed by atoms with E-state index in [-0.39, 0.29) is 34.1 Å². The summed E-state index contributed by atoms with van der Waals surface area (Å²) in [6.07, 6.45) is 0. The van der Waals surface area contributed by atoms with Crippen LogP contribution in [0.1, 0.15) is 17.2 Å². The number of aromatic nitrogens is 3. The fraction of sp³-hybridized carbons (Fsp3) is 0.160. The van der Waals surface area contributed by atoms with E-state index in [4.69, 9.17) is 22.1 Å². The Morgan fingerprint density at radius 1 is 1.00 bits per heavy atom. The maximum Gasteiger partial charge on any atom is 0.347 e. The number of hydrogen-bond acceptors (Lipinski definition) is 5. The number of ether oxygens (including phenoxy) is 1. The highest BCUT2D eigenvalue weighted by molar-refractivity contribution is 6.34. The summed E-state index contributed by atoms with van der Waals surface area (Å²) >= 11 is 6.43. The van der Waals surface area contributed by atoms with Crippen molar-refractivity contribution < 1.29 is 13.5 Å². The molecule has 4 aromatic rings. The van der Waals surface area contributed by atoms with Crippen LogP contribution < -0.4 is 21.7 Å². The van der Waals surface area contributed by atoms with E-state index in [0.29, 0.717) is 5.56 Å². The van der Waals surface area contributed by atoms with Crippen LogP contribution in [0.2, 0.25) is 5.02 Å². The normalized spacial score (nSPS) is 11.9. The third-order valence-electron chi connectivity index (χ3n) is 5.54. The smallest absolute Gasteiger partial charge is 0.347 e. The number of rotatable bonds is 7. The minimum atomic E-state index is -0.869. The lowest BCUT2D eigenvalue weighted by Gasteiger charge is -2.17. The zero-order valence-corrected chi connectivity index (χ0v) is 19.4. The first-order valence-electron chi connectivity index (χ1n) is 10.6. The van der Waals surface area contributed by atoms with Crippen molar-refractivity contribution in [2.75, 3.05) is 7.11 Å². The van der Waals surface area contributed by atoms with Crippen molar-refractivity contribution in [3.05, 3.63) is 115 Å². The fourth-order valence-electron chi connectivity index (χ4n) is 3.68. The summed E-state index contributed by atoms with van der Waals surface area (Å²) in [4.78, 5) is 26.7. The molecule has 0 bridgehead atoms. The number of methoxy groups -OCH3 is 1. The lowest BCUT2D eigenvalue weighted by Crippen LogP contribution is -2.44. The second-order valence-corrected chi connectivity index (χ2v) is 8.12. The van der Waals surface area contributed by atoms with Crippen molar-refractivity contribution in [3.63, 3.8) is 0 Å². The summed E-state index contributed by atoms with van der Waals surface area (Å²) in [5.74, 6) is -1.41. The van der Waals surface area contributed by atoms with Crippen LogP contribution in [0.3, 0.4) is 0 Å². The lowest BCUT2D eigenvalue weighted by atomic mass is 10.1. The zero-order valence-electron chi connectivity index (χ0n) is 18.6. The van der Waals surface area contributed by atoms with Gasteiger partial charge in [0.25, 0.3) is 5.56 Å². The molecule has 1 heterocycles. The van der Waals surface area contributed by atoms with Crippen molar-refractivity contribution >= 4 is 11.6 Å². The summed E-state index contributed by atoms with van der Waals surface area (Å²) in [5.41, 5.74) is 5.00. The van der Waals surface area contributed by atoms with Gasteiger partial charge in [-0.2, -0.15) is 5.10 Å². The minimum Gasteiger partial charge on any atom is -0.495 e. The summed E-state index contributed by atoms with van der Waals surface area (Å²) < 4.78 is 35.7. The number of nitrogens with zero attached hydrogens (tertiary/aromatic N) is 3. The van der Waals surface area contributed by atoms with Gasteiger partial charge >= 0.3 is 5.69 Å². The molecule has 0 fully saturated rings. The average Bonchev–Trinajstić information content (AvgIpc) is 2.86. The molecule has 7 nitrogen and oxygen atoms in total. The first-order chi connectivity index (χ1) is 16.8. The molecular formula is C25H21ClF2N4O3. The van der Waals surface area contributed by atoms with Gasteiger partial charge in [0.05, 0.1) is 25.2 Å². The summed E-state index contributed by atoms with van der Waals surface area (Å²) in [6, 6.07) is 16.3. The second-order valence-electron chi connectivity index (χ2n) is 7.74. The molecular weight excluding hydrogens is 478 g/mol. The highest BCUT2D eigenvalue weighted by Crippen LogP contribution is 2.32. The average molecular weight is 499 g/mol. The van der Waals surface area contributed by atoms with Gasteiger partial charge in [0.15, 0.2) is 5.69 Å². The van der Waals surface area contributed by atoms with Gasteiger partial charge < -0.3 is 10.5 Å². The van der Waals surface area contributed by atoms with Crippen molar-refractivity contribution in [3.8, 4) is 17.0 Å². The van der Waals surface area contributed by atoms with Crippen molar-refractivity contribution in [1.82, 2.24) is 14.3 Å². The van der Waals surface area contributed by atoms with Gasteiger partial charge in [0.1, 0.15) is 17.4 Å². The summed E-state index contributed by atoms with van der Waals surface area (Å²) in [7, 11) is 1.41. The highest BCUT2D eigenvalue weighted by Gasteiger charge is 2.22. The standard InChI is InChI=1S/C25H21ClF2N4O3/c1-35-21-12-5-9-16(22(21)26)23-24(33)31(14-20(29)15-7-3-2-4-8-15)25(34)32(30-23)13-17-18(27)10-6-11-19(17)28/h2-12,20H,13-14,29H2,1H3. The van der Waals surface area contributed by atoms with Gasteiger partial charge in [-0.15, -0.1) is 0 Å². The Labute approximate surface area is 204 Å². The molecule has 35 heavy (non-hydrogen) atoms. The van der Waals surface area contributed by atoms with Crippen LogP contribution in [0.15, 0.2) is 76.3 Å². The molecule has 0 amide bonds. The van der Waals surface area contributed by atoms with Crippen LogP contribution in [-0.4, -0.2) is 21.5 Å². The number of hydrogen-bond donors (Lipinski definition) is 1. The fourth-order valence-corrected chi connectivity index (χ4v) is 3.97. The highest BCUT2D eigenvalue weighted by atomic mass is 35.5. The van der Waals surface area contributed by atoms with Gasteiger partial charge in [-0.05, 0) is 23.8 Å². The molecule has 0 aliphatic rings. The predicted octanol–water partition coefficient (Wildman–Crippen LogP) is 3.76. The van der Waals surface area contributed by atoms with Gasteiger partial charge in [-0.1, -0.05) is 60.1 Å². The molecule has 0 aliphatic heterocycles. The molecule has 0 saturated carbocycles. The zero-order chi connectivity index (χ0) is 25.1. The van der Waals surface area contributed by atoms with Crippen LogP contribution in [0.5, 0.6) is 5.75 Å². The van der Waals surface area contributed by atoms with E-state index in [2.05, 4.69) is 5.10 Å². The molecule has 1 unspecified atom stereocenters. The monoisotopic (exact) mass is 498 g/mol. The van der Waals surface area contributed by atoms with E-state index in [9.17, 15) is 18.4 Å². The molecule has 4 rings (SSSR count). The molecule has 1 aromatic heterocycles. The number of nitrogens with two attached hydrogens (primary N) is 1. The third-order valence-corrected chi connectivity index (χ3v) is 5.92. The molecule has 180 valence electrons. The van der Waals surface area contributed by atoms with E-state index in [1.54, 1.807) is 36.4 Å². The van der Waals surface area contributed by atoms with Crippen LogP contribution in [-0.2, 0) is 13.1 Å². The molecule has 0 radical (unpaired) electrons. The quantitative estimate of drug-likeness (QED) is 0.419. The van der Waals surface area contributed by atoms with E-state index in [1.807, 2.05) is 6.07 Å². The van der Waals surface area contributed by atoms with Crippen LogP contribution in [0.25, 0.3) is 11.3 Å². The molecule has 0 spiro atoms. The summed E-state index contributed by atoms with van der Waals surface area (Å²) in [6.45, 7) is -0.745. The Hall–Kier alpha value is -3.82. The van der Waals surface area contributed by atoms with Gasteiger partial charge in [-0.3, -0.25) is 9.36 Å². The van der Waals surface area contributed by atoms with E-state index >= 15 is 0 Å². The van der Waals surface area contributed by atoms with Crippen molar-refractivity contribution in [2.45, 2.75) is 19.1 Å². The molecule has 10 heteroatoms. The van der Waals surface area contributed by atoms with Gasteiger partial charge in [0, 0.05) is 17.2 Å². The summed E-state index contributed by atoms with van der Waals surface area (Å²) in [5, 5.41) is 4.25. The van der Waals surface area contributed by atoms with Gasteiger partial charge in [0.2, 0.25) is 0 Å². The maximum atomic E-state index is 14.4. The first kappa shape index (κ1) is 24.3. The Morgan fingerprint density at radius 2 is 1.66 bits per heavy atom. The van der Waals surface area contributed by atoms with Gasteiger partial charge in [-0.25, -0.2) is 18.3 Å². The molecule has 0 aliphatic carbocycles. The third kappa shape index (κ3) is 4.87. The van der Waals surface area contributed by atoms with Crippen LogP contribution >= 0.6 is 11.6 Å². The Morgan fingerprint density at radius 3 is 2.31 bits per heavy atom. The predicted molar refractivity (Wildman–Crippen MR) is 129 cm³/mol. The van der Waals surface area contributed by atoms with E-state index in [1.165, 1.54) is 19.2 Å². The molecule has 3 aromatic carbocycles. The van der Waals surface area contributed by atoms with E-state index in [0.717, 1.165) is 21.4 Å². The van der Waals surface area contributed by atoms with Crippen LogP contribution in [0, 0.1) is 11.6 Å². The topological polar surface area (TPSA) is 92.1 Å². The SMILES string of the molecule is COc1cccc(-c2nn(Cc3c(F)cccc3F)c(=O)n(CC(N)c3ccccc3)c2=O)c1Cl. The maximum absolute atomic E-state index is 14.4. The first-order valence-corrected chi connectivity index (χ1v) is 11.0. The Balaban J connectivity index is 1.91. The Bertz CT molecular complexity index is 1470. The van der Waals surface area contributed by atoms with E-state index < -0.39 is 35.5 Å². The molecule has 1 atom stereocenters. The van der Waals surface area contributed by atoms with Crippen LogP contribution in [0.4, 0.5) is 8.78 Å². The number of halogens is 3. The van der Waals surface area contributed by atoms with Crippen molar-refractivity contribution in [2.24, 2.45) is 5.73 Å². The number of benzene rings is 3. The molecule has 2 N–H and O–H groups in total. The molecule has 0 saturated heterocycles. The second kappa shape index (κ2) is 10.2.